The van der Waals surface area contributed by atoms with E-state index in [1.165, 1.54) is 0 Å². The van der Waals surface area contributed by atoms with Crippen molar-refractivity contribution in [2.75, 3.05) is 31.6 Å². The average Bonchev–Trinajstić information content (AvgIpc) is 2.86. The number of carbonyl (C=O) groups is 2. The van der Waals surface area contributed by atoms with Crippen LogP contribution in [-0.4, -0.2) is 47.9 Å². The molecule has 176 valence electrons. The van der Waals surface area contributed by atoms with Crippen molar-refractivity contribution in [1.29, 1.82) is 0 Å². The van der Waals surface area contributed by atoms with Crippen molar-refractivity contribution in [3.8, 4) is 5.75 Å². The van der Waals surface area contributed by atoms with Crippen molar-refractivity contribution in [2.24, 2.45) is 0 Å². The van der Waals surface area contributed by atoms with E-state index in [1.807, 2.05) is 54.6 Å². The molecule has 0 saturated carbocycles. The molecule has 2 bridgehead atoms. The predicted molar refractivity (Wildman–Crippen MR) is 132 cm³/mol. The summed E-state index contributed by atoms with van der Waals surface area (Å²) < 4.78 is 5.96. The molecule has 3 aromatic rings. The van der Waals surface area contributed by atoms with E-state index in [4.69, 9.17) is 4.74 Å². The van der Waals surface area contributed by atoms with Crippen molar-refractivity contribution >= 4 is 23.3 Å². The molecule has 0 saturated heterocycles. The van der Waals surface area contributed by atoms with E-state index in [-0.39, 0.29) is 18.4 Å². The first-order valence-corrected chi connectivity index (χ1v) is 11.7. The number of aromatic nitrogens is 1. The van der Waals surface area contributed by atoms with Crippen LogP contribution in [0.25, 0.3) is 0 Å². The third-order valence-corrected chi connectivity index (χ3v) is 5.65. The number of ether oxygens (including phenoxy) is 1. The molecule has 34 heavy (non-hydrogen) atoms. The van der Waals surface area contributed by atoms with Crippen LogP contribution in [0.3, 0.4) is 0 Å². The molecule has 0 fully saturated rings. The number of hydrogen-bond acceptors (Lipinski definition) is 5. The van der Waals surface area contributed by atoms with Gasteiger partial charge in [0.15, 0.2) is 0 Å². The Labute approximate surface area is 200 Å². The molecule has 0 atom stereocenters. The zero-order valence-corrected chi connectivity index (χ0v) is 19.2. The fourth-order valence-corrected chi connectivity index (χ4v) is 3.86. The maximum Gasteiger partial charge on any atom is 0.273 e. The Balaban J connectivity index is 1.45. The highest BCUT2D eigenvalue weighted by molar-refractivity contribution is 5.95. The van der Waals surface area contributed by atoms with E-state index in [2.05, 4.69) is 15.6 Å². The van der Waals surface area contributed by atoms with Crippen molar-refractivity contribution in [2.45, 2.75) is 25.7 Å². The quantitative estimate of drug-likeness (QED) is 0.599. The highest BCUT2D eigenvalue weighted by atomic mass is 16.5. The normalized spacial score (nSPS) is 14.2. The largest absolute Gasteiger partial charge is 0.491 e. The summed E-state index contributed by atoms with van der Waals surface area (Å²) in [7, 11) is 0. The molecule has 2 amide bonds. The van der Waals surface area contributed by atoms with Gasteiger partial charge in [0.05, 0.1) is 18.8 Å². The smallest absolute Gasteiger partial charge is 0.273 e. The minimum absolute atomic E-state index is 0.00624. The highest BCUT2D eigenvalue weighted by Gasteiger charge is 2.20. The van der Waals surface area contributed by atoms with Gasteiger partial charge in [-0.3, -0.25) is 9.59 Å². The third-order valence-electron chi connectivity index (χ3n) is 5.65. The Hall–Kier alpha value is -3.87. The second kappa shape index (κ2) is 11.8. The molecule has 7 heteroatoms. The van der Waals surface area contributed by atoms with Crippen LogP contribution in [0.1, 0.15) is 35.3 Å². The van der Waals surface area contributed by atoms with Crippen LogP contribution in [0.5, 0.6) is 5.75 Å². The third kappa shape index (κ3) is 6.57. The van der Waals surface area contributed by atoms with Crippen LogP contribution in [0.4, 0.5) is 11.5 Å². The first-order chi connectivity index (χ1) is 16.7. The van der Waals surface area contributed by atoms with Crippen molar-refractivity contribution < 1.29 is 14.3 Å². The van der Waals surface area contributed by atoms with E-state index in [9.17, 15) is 9.59 Å². The van der Waals surface area contributed by atoms with E-state index < -0.39 is 0 Å². The van der Waals surface area contributed by atoms with Gasteiger partial charge in [0.25, 0.3) is 5.91 Å². The Kier molecular flexibility index (Phi) is 8.11. The molecule has 7 nitrogen and oxygen atoms in total. The van der Waals surface area contributed by atoms with E-state index in [1.54, 1.807) is 23.1 Å². The monoisotopic (exact) mass is 458 g/mol. The predicted octanol–water partition coefficient (Wildman–Crippen LogP) is 4.19. The zero-order chi connectivity index (χ0) is 23.6. The lowest BCUT2D eigenvalue weighted by molar-refractivity contribution is -0.121. The van der Waals surface area contributed by atoms with Gasteiger partial charge in [-0.15, -0.1) is 0 Å². The molecule has 0 spiro atoms. The summed E-state index contributed by atoms with van der Waals surface area (Å²) in [5, 5.41) is 6.19. The van der Waals surface area contributed by atoms with Crippen LogP contribution >= 0.6 is 0 Å². The van der Waals surface area contributed by atoms with Crippen LogP contribution in [0, 0.1) is 0 Å². The number of benzene rings is 2. The topological polar surface area (TPSA) is 83.6 Å². The summed E-state index contributed by atoms with van der Waals surface area (Å²) in [4.78, 5) is 32.0. The van der Waals surface area contributed by atoms with Crippen LogP contribution in [0.15, 0.2) is 72.8 Å². The number of para-hydroxylation sites is 2. The summed E-state index contributed by atoms with van der Waals surface area (Å²) in [6.45, 7) is 1.60. The SMILES string of the molecule is O=C(CN1CCCCCOc2ccccc2Nc2cccc(n2)C1=O)NCCc1ccccc1. The van der Waals surface area contributed by atoms with Gasteiger partial charge in [-0.2, -0.15) is 0 Å². The maximum atomic E-state index is 13.3. The fraction of sp³-hybridized carbons (Fsp3) is 0.296. The summed E-state index contributed by atoms with van der Waals surface area (Å²) in [6.07, 6.45) is 3.29. The summed E-state index contributed by atoms with van der Waals surface area (Å²) in [5.41, 5.74) is 2.26. The van der Waals surface area contributed by atoms with E-state index >= 15 is 0 Å². The minimum atomic E-state index is -0.247. The molecule has 0 radical (unpaired) electrons. The Bertz CT molecular complexity index is 1100. The lowest BCUT2D eigenvalue weighted by atomic mass is 10.1. The zero-order valence-electron chi connectivity index (χ0n) is 19.2. The van der Waals surface area contributed by atoms with Gasteiger partial charge in [-0.1, -0.05) is 48.5 Å². The molecule has 2 heterocycles. The first kappa shape index (κ1) is 23.3. The number of hydrogen-bond donors (Lipinski definition) is 2. The Morgan fingerprint density at radius 3 is 2.68 bits per heavy atom. The van der Waals surface area contributed by atoms with Gasteiger partial charge in [0.2, 0.25) is 5.91 Å². The number of nitrogens with one attached hydrogen (secondary N) is 2. The number of anilines is 2. The van der Waals surface area contributed by atoms with Gasteiger partial charge < -0.3 is 20.3 Å². The van der Waals surface area contributed by atoms with E-state index in [0.29, 0.717) is 31.2 Å². The van der Waals surface area contributed by atoms with Crippen LogP contribution in [0.2, 0.25) is 0 Å². The first-order valence-electron chi connectivity index (χ1n) is 11.7. The van der Waals surface area contributed by atoms with Crippen LogP contribution < -0.4 is 15.4 Å². The standard InChI is InChI=1S/C27H30N4O3/c32-26(28-17-16-21-10-3-1-4-11-21)20-31-18-7-2-8-19-34-24-14-6-5-12-22(24)29-25-15-9-13-23(30-25)27(31)33/h1,3-6,9-15H,2,7-8,16-20H2,(H,28,32)(H,29,30). The molecule has 0 unspecified atom stereocenters. The molecule has 1 aliphatic rings. The van der Waals surface area contributed by atoms with E-state index in [0.717, 1.165) is 42.7 Å². The highest BCUT2D eigenvalue weighted by Crippen LogP contribution is 2.27. The number of amides is 2. The molecule has 2 N–H and O–H groups in total. The summed E-state index contributed by atoms with van der Waals surface area (Å²) in [6, 6.07) is 23.0. The van der Waals surface area contributed by atoms with Crippen LogP contribution in [-0.2, 0) is 11.2 Å². The Morgan fingerprint density at radius 2 is 1.79 bits per heavy atom. The summed E-state index contributed by atoms with van der Waals surface area (Å²) in [5.74, 6) is 0.888. The molecular formula is C27H30N4O3. The fourth-order valence-electron chi connectivity index (χ4n) is 3.86. The molecule has 1 aliphatic heterocycles. The van der Waals surface area contributed by atoms with Crippen molar-refractivity contribution in [3.05, 3.63) is 84.1 Å². The molecule has 4 rings (SSSR count). The molecular weight excluding hydrogens is 428 g/mol. The number of fused-ring (bicyclic) bond motifs is 3. The molecule has 1 aromatic heterocycles. The molecule has 0 aliphatic carbocycles. The van der Waals surface area contributed by atoms with Gasteiger partial charge >= 0.3 is 0 Å². The molecule has 2 aromatic carbocycles. The minimum Gasteiger partial charge on any atom is -0.491 e. The second-order valence-electron chi connectivity index (χ2n) is 8.25. The average molecular weight is 459 g/mol. The lowest BCUT2D eigenvalue weighted by Gasteiger charge is -2.23. The lowest BCUT2D eigenvalue weighted by Crippen LogP contribution is -2.42. The summed E-state index contributed by atoms with van der Waals surface area (Å²) >= 11 is 0. The van der Waals surface area contributed by atoms with Crippen molar-refractivity contribution in [3.63, 3.8) is 0 Å². The van der Waals surface area contributed by atoms with Crippen molar-refractivity contribution in [1.82, 2.24) is 15.2 Å². The maximum absolute atomic E-state index is 13.3. The second-order valence-corrected chi connectivity index (χ2v) is 8.25. The Morgan fingerprint density at radius 1 is 0.971 bits per heavy atom. The van der Waals surface area contributed by atoms with Gasteiger partial charge in [0, 0.05) is 13.1 Å². The number of pyridine rings is 1. The van der Waals surface area contributed by atoms with Gasteiger partial charge in [-0.25, -0.2) is 4.98 Å². The number of rotatable bonds is 5. The number of nitrogens with zero attached hydrogens (tertiary/aromatic N) is 2. The van der Waals surface area contributed by atoms with Gasteiger partial charge in [-0.05, 0) is 55.5 Å². The van der Waals surface area contributed by atoms with Gasteiger partial charge in [0.1, 0.15) is 17.3 Å². The number of carbonyl (C=O) groups excluding carboxylic acids is 2.